The van der Waals surface area contributed by atoms with Gasteiger partial charge in [0, 0.05) is 13.0 Å². The number of aromatic hydroxyl groups is 1. The Kier molecular flexibility index (Phi) is 6.47. The molecule has 5 nitrogen and oxygen atoms in total. The van der Waals surface area contributed by atoms with Crippen LogP contribution in [0, 0.1) is 0 Å². The molecule has 3 rings (SSSR count). The molecule has 10 heteroatoms. The molecule has 0 radical (unpaired) electrons. The SMILES string of the molecule is O=C(CCN1C(=O)/C(=C/c2ccc(O)cc2)SC1=S)Nc1ccccc1C(F)(F)F. The molecule has 2 aromatic rings. The second-order valence-electron chi connectivity index (χ2n) is 6.27. The summed E-state index contributed by atoms with van der Waals surface area (Å²) in [6.45, 7) is -0.0579. The average molecular weight is 452 g/mol. The van der Waals surface area contributed by atoms with Gasteiger partial charge in [-0.25, -0.2) is 0 Å². The third kappa shape index (κ3) is 5.19. The Labute approximate surface area is 179 Å². The van der Waals surface area contributed by atoms with Crippen LogP contribution in [0.2, 0.25) is 0 Å². The molecule has 0 aliphatic carbocycles. The van der Waals surface area contributed by atoms with E-state index in [0.717, 1.165) is 17.8 Å². The minimum Gasteiger partial charge on any atom is -0.508 e. The number of hydrogen-bond acceptors (Lipinski definition) is 5. The van der Waals surface area contributed by atoms with Crippen LogP contribution in [0.4, 0.5) is 18.9 Å². The first-order chi connectivity index (χ1) is 14.1. The van der Waals surface area contributed by atoms with Crippen molar-refractivity contribution in [3.63, 3.8) is 0 Å². The Morgan fingerprint density at radius 1 is 1.17 bits per heavy atom. The van der Waals surface area contributed by atoms with Crippen molar-refractivity contribution < 1.29 is 27.9 Å². The summed E-state index contributed by atoms with van der Waals surface area (Å²) >= 11 is 6.26. The number of carbonyl (C=O) groups is 2. The van der Waals surface area contributed by atoms with Gasteiger partial charge in [-0.05, 0) is 35.9 Å². The van der Waals surface area contributed by atoms with E-state index < -0.39 is 17.6 Å². The highest BCUT2D eigenvalue weighted by atomic mass is 32.2. The topological polar surface area (TPSA) is 69.6 Å². The highest BCUT2D eigenvalue weighted by Gasteiger charge is 2.34. The van der Waals surface area contributed by atoms with Gasteiger partial charge in [0.05, 0.1) is 16.2 Å². The fraction of sp³-hybridized carbons (Fsp3) is 0.150. The van der Waals surface area contributed by atoms with Crippen LogP contribution in [0.5, 0.6) is 5.75 Å². The van der Waals surface area contributed by atoms with Crippen LogP contribution in [0.3, 0.4) is 0 Å². The number of rotatable bonds is 5. The molecular formula is C20H15F3N2O3S2. The van der Waals surface area contributed by atoms with Crippen LogP contribution in [0.25, 0.3) is 6.08 Å². The number of phenols is 1. The maximum absolute atomic E-state index is 13.0. The van der Waals surface area contributed by atoms with Crippen molar-refractivity contribution in [1.82, 2.24) is 4.90 Å². The molecule has 0 unspecified atom stereocenters. The monoisotopic (exact) mass is 452 g/mol. The van der Waals surface area contributed by atoms with Gasteiger partial charge in [-0.3, -0.25) is 14.5 Å². The summed E-state index contributed by atoms with van der Waals surface area (Å²) < 4.78 is 39.4. The summed E-state index contributed by atoms with van der Waals surface area (Å²) in [4.78, 5) is 26.3. The highest BCUT2D eigenvalue weighted by Crippen LogP contribution is 2.35. The smallest absolute Gasteiger partial charge is 0.418 e. The molecule has 156 valence electrons. The van der Waals surface area contributed by atoms with Gasteiger partial charge in [0.2, 0.25) is 5.91 Å². The lowest BCUT2D eigenvalue weighted by molar-refractivity contribution is -0.137. The van der Waals surface area contributed by atoms with E-state index in [0.29, 0.717) is 10.5 Å². The summed E-state index contributed by atoms with van der Waals surface area (Å²) in [5, 5.41) is 11.6. The van der Waals surface area contributed by atoms with Crippen LogP contribution in [0.1, 0.15) is 17.5 Å². The number of nitrogens with zero attached hydrogens (tertiary/aromatic N) is 1. The normalized spacial score (nSPS) is 15.7. The summed E-state index contributed by atoms with van der Waals surface area (Å²) in [5.41, 5.74) is -0.594. The van der Waals surface area contributed by atoms with Gasteiger partial charge in [0.1, 0.15) is 10.1 Å². The molecule has 0 bridgehead atoms. The number of nitrogens with one attached hydrogen (secondary N) is 1. The maximum Gasteiger partial charge on any atom is 0.418 e. The van der Waals surface area contributed by atoms with Gasteiger partial charge in [-0.2, -0.15) is 13.2 Å². The van der Waals surface area contributed by atoms with E-state index in [1.165, 1.54) is 35.2 Å². The van der Waals surface area contributed by atoms with Crippen LogP contribution >= 0.6 is 24.0 Å². The van der Waals surface area contributed by atoms with E-state index in [9.17, 15) is 27.9 Å². The average Bonchev–Trinajstić information content (AvgIpc) is 2.94. The minimum atomic E-state index is -4.60. The van der Waals surface area contributed by atoms with Gasteiger partial charge in [-0.1, -0.05) is 48.2 Å². The first-order valence-corrected chi connectivity index (χ1v) is 9.88. The lowest BCUT2D eigenvalue weighted by Crippen LogP contribution is -2.31. The lowest BCUT2D eigenvalue weighted by Gasteiger charge is -2.16. The van der Waals surface area contributed by atoms with Crippen LogP contribution in [-0.4, -0.2) is 32.7 Å². The van der Waals surface area contributed by atoms with Crippen molar-refractivity contribution in [2.75, 3.05) is 11.9 Å². The molecular weight excluding hydrogens is 437 g/mol. The molecule has 0 saturated carbocycles. The number of halogens is 3. The van der Waals surface area contributed by atoms with Gasteiger partial charge in [0.15, 0.2) is 0 Å². The van der Waals surface area contributed by atoms with Crippen molar-refractivity contribution in [3.8, 4) is 5.75 Å². The number of amides is 2. The van der Waals surface area contributed by atoms with E-state index in [1.54, 1.807) is 18.2 Å². The number of para-hydroxylation sites is 1. The Morgan fingerprint density at radius 3 is 2.50 bits per heavy atom. The minimum absolute atomic E-state index is 0.0579. The number of benzene rings is 2. The molecule has 1 heterocycles. The molecule has 1 saturated heterocycles. The predicted molar refractivity (Wildman–Crippen MR) is 113 cm³/mol. The zero-order chi connectivity index (χ0) is 21.9. The number of thioether (sulfide) groups is 1. The standard InChI is InChI=1S/C20H15F3N2O3S2/c21-20(22,23)14-3-1-2-4-15(14)24-17(27)9-10-25-18(28)16(30-19(25)29)11-12-5-7-13(26)8-6-12/h1-8,11,26H,9-10H2,(H,24,27)/b16-11-. The molecule has 1 fully saturated rings. The predicted octanol–water partition coefficient (Wildman–Crippen LogP) is 4.64. The van der Waals surface area contributed by atoms with E-state index >= 15 is 0 Å². The fourth-order valence-electron chi connectivity index (χ4n) is 2.68. The molecule has 1 aliphatic heterocycles. The molecule has 0 atom stereocenters. The van der Waals surface area contributed by atoms with Crippen molar-refractivity contribution in [2.45, 2.75) is 12.6 Å². The zero-order valence-corrected chi connectivity index (χ0v) is 16.9. The third-order valence-corrected chi connectivity index (χ3v) is 5.51. The molecule has 30 heavy (non-hydrogen) atoms. The second kappa shape index (κ2) is 8.88. The summed E-state index contributed by atoms with van der Waals surface area (Å²) in [7, 11) is 0. The van der Waals surface area contributed by atoms with E-state index in [1.807, 2.05) is 0 Å². The summed E-state index contributed by atoms with van der Waals surface area (Å²) in [6, 6.07) is 10.9. The second-order valence-corrected chi connectivity index (χ2v) is 7.94. The number of thiocarbonyl (C=S) groups is 1. The number of carbonyl (C=O) groups excluding carboxylic acids is 2. The Bertz CT molecular complexity index is 1020. The Morgan fingerprint density at radius 2 is 1.83 bits per heavy atom. The zero-order valence-electron chi connectivity index (χ0n) is 15.3. The number of hydrogen-bond donors (Lipinski definition) is 2. The van der Waals surface area contributed by atoms with E-state index in [-0.39, 0.29) is 34.6 Å². The molecule has 0 aromatic heterocycles. The third-order valence-electron chi connectivity index (χ3n) is 4.13. The molecule has 2 aromatic carbocycles. The van der Waals surface area contributed by atoms with E-state index in [4.69, 9.17) is 12.2 Å². The number of anilines is 1. The Hall–Kier alpha value is -2.85. The van der Waals surface area contributed by atoms with Crippen molar-refractivity contribution >= 4 is 51.9 Å². The van der Waals surface area contributed by atoms with Crippen LogP contribution in [-0.2, 0) is 15.8 Å². The number of phenolic OH excluding ortho intramolecular Hbond substituents is 1. The molecule has 1 aliphatic rings. The fourth-order valence-corrected chi connectivity index (χ4v) is 3.99. The van der Waals surface area contributed by atoms with Crippen LogP contribution in [0.15, 0.2) is 53.4 Å². The quantitative estimate of drug-likeness (QED) is 0.511. The van der Waals surface area contributed by atoms with Gasteiger partial charge in [0.25, 0.3) is 5.91 Å². The first kappa shape index (κ1) is 21.8. The number of alkyl halides is 3. The van der Waals surface area contributed by atoms with Crippen molar-refractivity contribution in [2.24, 2.45) is 0 Å². The molecule has 2 amide bonds. The maximum atomic E-state index is 13.0. The Balaban J connectivity index is 1.63. The molecule has 2 N–H and O–H groups in total. The molecule has 0 spiro atoms. The van der Waals surface area contributed by atoms with Gasteiger partial charge in [-0.15, -0.1) is 0 Å². The van der Waals surface area contributed by atoms with Gasteiger partial charge < -0.3 is 10.4 Å². The lowest BCUT2D eigenvalue weighted by atomic mass is 10.1. The highest BCUT2D eigenvalue weighted by molar-refractivity contribution is 8.26. The van der Waals surface area contributed by atoms with Gasteiger partial charge >= 0.3 is 6.18 Å². The van der Waals surface area contributed by atoms with Crippen LogP contribution < -0.4 is 5.32 Å². The largest absolute Gasteiger partial charge is 0.508 e. The summed E-state index contributed by atoms with van der Waals surface area (Å²) in [5.74, 6) is -0.956. The van der Waals surface area contributed by atoms with E-state index in [2.05, 4.69) is 5.32 Å². The van der Waals surface area contributed by atoms with Crippen molar-refractivity contribution in [3.05, 3.63) is 64.6 Å². The van der Waals surface area contributed by atoms with Crippen molar-refractivity contribution in [1.29, 1.82) is 0 Å². The first-order valence-electron chi connectivity index (χ1n) is 8.65. The summed E-state index contributed by atoms with van der Waals surface area (Å²) in [6.07, 6.45) is -3.20.